The van der Waals surface area contributed by atoms with Gasteiger partial charge in [-0.05, 0) is 36.8 Å². The number of methoxy groups -OCH3 is 1. The van der Waals surface area contributed by atoms with Gasteiger partial charge in [0.05, 0.1) is 18.9 Å². The molecule has 0 fully saturated rings. The second-order valence-electron chi connectivity index (χ2n) is 5.95. The van der Waals surface area contributed by atoms with E-state index in [0.29, 0.717) is 17.7 Å². The summed E-state index contributed by atoms with van der Waals surface area (Å²) in [6.45, 7) is 1.88. The molecule has 30 heavy (non-hydrogen) atoms. The lowest BCUT2D eigenvalue weighted by molar-refractivity contribution is -0.137. The zero-order valence-electron chi connectivity index (χ0n) is 15.8. The standard InChI is InChI=1S/C20H15ClF3N3O3/c1-3-4-12-5-7-14(15(9-12)29-2)30-16-11-26-27(19(28)18(16)21)17-8-6-13(10-25-17)20(22,23)24/h3-11H,1-2H3. The molecule has 6 nitrogen and oxygen atoms in total. The molecule has 2 aromatic heterocycles. The van der Waals surface area contributed by atoms with Crippen LogP contribution in [0.25, 0.3) is 11.9 Å². The molecule has 0 aliphatic carbocycles. The van der Waals surface area contributed by atoms with Crippen molar-refractivity contribution in [2.24, 2.45) is 0 Å². The topological polar surface area (TPSA) is 66.2 Å². The van der Waals surface area contributed by atoms with Gasteiger partial charge in [0.1, 0.15) is 0 Å². The number of ether oxygens (including phenoxy) is 2. The van der Waals surface area contributed by atoms with Gasteiger partial charge in [0.25, 0.3) is 5.56 Å². The van der Waals surface area contributed by atoms with Gasteiger partial charge in [-0.2, -0.15) is 23.0 Å². The Bertz CT molecular complexity index is 1140. The van der Waals surface area contributed by atoms with Crippen LogP contribution in [0.2, 0.25) is 5.02 Å². The summed E-state index contributed by atoms with van der Waals surface area (Å²) in [6.07, 6.45) is 0.978. The van der Waals surface area contributed by atoms with E-state index in [0.717, 1.165) is 22.4 Å². The maximum Gasteiger partial charge on any atom is 0.417 e. The van der Waals surface area contributed by atoms with E-state index in [1.807, 2.05) is 19.1 Å². The lowest BCUT2D eigenvalue weighted by Gasteiger charge is -2.13. The highest BCUT2D eigenvalue weighted by Crippen LogP contribution is 2.34. The van der Waals surface area contributed by atoms with E-state index in [4.69, 9.17) is 21.1 Å². The van der Waals surface area contributed by atoms with E-state index in [9.17, 15) is 18.0 Å². The summed E-state index contributed by atoms with van der Waals surface area (Å²) in [5, 5.41) is 3.59. The SMILES string of the molecule is CC=Cc1ccc(Oc2cnn(-c3ccc(C(F)(F)F)cn3)c(=O)c2Cl)c(OC)c1. The predicted octanol–water partition coefficient (Wildman–Crippen LogP) is 5.13. The molecular formula is C20H15ClF3N3O3. The summed E-state index contributed by atoms with van der Waals surface area (Å²) in [4.78, 5) is 16.2. The summed E-state index contributed by atoms with van der Waals surface area (Å²) in [5.41, 5.74) is -0.862. The molecule has 0 aliphatic rings. The number of hydrogen-bond acceptors (Lipinski definition) is 5. The van der Waals surface area contributed by atoms with Crippen molar-refractivity contribution >= 4 is 17.7 Å². The molecule has 156 valence electrons. The zero-order chi connectivity index (χ0) is 21.9. The van der Waals surface area contributed by atoms with Crippen LogP contribution in [-0.4, -0.2) is 21.9 Å². The van der Waals surface area contributed by atoms with Crippen molar-refractivity contribution in [2.75, 3.05) is 7.11 Å². The van der Waals surface area contributed by atoms with Crippen LogP contribution in [0.1, 0.15) is 18.1 Å². The Hall–Kier alpha value is -3.33. The van der Waals surface area contributed by atoms with Crippen molar-refractivity contribution in [3.8, 4) is 23.1 Å². The predicted molar refractivity (Wildman–Crippen MR) is 105 cm³/mol. The van der Waals surface area contributed by atoms with Crippen LogP contribution in [-0.2, 0) is 6.18 Å². The van der Waals surface area contributed by atoms with Gasteiger partial charge in [0, 0.05) is 6.20 Å². The van der Waals surface area contributed by atoms with Gasteiger partial charge in [-0.3, -0.25) is 4.79 Å². The Morgan fingerprint density at radius 1 is 1.10 bits per heavy atom. The minimum Gasteiger partial charge on any atom is -0.493 e. The van der Waals surface area contributed by atoms with Crippen molar-refractivity contribution in [3.05, 3.63) is 75.3 Å². The molecule has 2 heterocycles. The Morgan fingerprint density at radius 3 is 2.47 bits per heavy atom. The quantitative estimate of drug-likeness (QED) is 0.553. The maximum atomic E-state index is 12.7. The number of alkyl halides is 3. The molecule has 0 radical (unpaired) electrons. The third kappa shape index (κ3) is 4.46. The summed E-state index contributed by atoms with van der Waals surface area (Å²) >= 11 is 6.12. The fourth-order valence-corrected chi connectivity index (χ4v) is 2.68. The summed E-state index contributed by atoms with van der Waals surface area (Å²) in [5.74, 6) is 0.561. The molecule has 0 aliphatic heterocycles. The van der Waals surface area contributed by atoms with Crippen LogP contribution < -0.4 is 15.0 Å². The highest BCUT2D eigenvalue weighted by atomic mass is 35.5. The fourth-order valence-electron chi connectivity index (χ4n) is 2.51. The molecule has 0 spiro atoms. The molecular weight excluding hydrogens is 423 g/mol. The van der Waals surface area contributed by atoms with Gasteiger partial charge in [0.2, 0.25) is 0 Å². The number of benzene rings is 1. The molecule has 10 heteroatoms. The van der Waals surface area contributed by atoms with E-state index >= 15 is 0 Å². The second-order valence-corrected chi connectivity index (χ2v) is 6.33. The highest BCUT2D eigenvalue weighted by molar-refractivity contribution is 6.31. The van der Waals surface area contributed by atoms with Crippen molar-refractivity contribution in [2.45, 2.75) is 13.1 Å². The van der Waals surface area contributed by atoms with Crippen LogP contribution in [0.4, 0.5) is 13.2 Å². The highest BCUT2D eigenvalue weighted by Gasteiger charge is 2.30. The number of hydrogen-bond donors (Lipinski definition) is 0. The van der Waals surface area contributed by atoms with E-state index in [2.05, 4.69) is 10.1 Å². The molecule has 3 aromatic rings. The molecule has 0 saturated heterocycles. The van der Waals surface area contributed by atoms with Crippen molar-refractivity contribution in [1.82, 2.24) is 14.8 Å². The molecule has 0 saturated carbocycles. The van der Waals surface area contributed by atoms with Gasteiger partial charge in [0.15, 0.2) is 28.1 Å². The summed E-state index contributed by atoms with van der Waals surface area (Å²) in [6, 6.07) is 6.99. The third-order valence-electron chi connectivity index (χ3n) is 3.95. The second kappa shape index (κ2) is 8.58. The minimum absolute atomic E-state index is 0.0399. The van der Waals surface area contributed by atoms with E-state index in [1.165, 1.54) is 13.3 Å². The smallest absolute Gasteiger partial charge is 0.417 e. The Morgan fingerprint density at radius 2 is 1.87 bits per heavy atom. The Kier molecular flexibility index (Phi) is 6.12. The Labute approximate surface area is 174 Å². The lowest BCUT2D eigenvalue weighted by atomic mass is 10.2. The number of allylic oxidation sites excluding steroid dienone is 1. The van der Waals surface area contributed by atoms with Gasteiger partial charge in [-0.1, -0.05) is 29.8 Å². The van der Waals surface area contributed by atoms with Crippen molar-refractivity contribution in [1.29, 1.82) is 0 Å². The molecule has 0 atom stereocenters. The first kappa shape index (κ1) is 21.4. The van der Waals surface area contributed by atoms with Crippen LogP contribution in [0, 0.1) is 0 Å². The maximum absolute atomic E-state index is 12.7. The molecule has 0 amide bonds. The van der Waals surface area contributed by atoms with Crippen LogP contribution in [0.5, 0.6) is 17.2 Å². The molecule has 0 N–H and O–H groups in total. The largest absolute Gasteiger partial charge is 0.493 e. The van der Waals surface area contributed by atoms with E-state index in [1.54, 1.807) is 18.2 Å². The number of nitrogens with zero attached hydrogens (tertiary/aromatic N) is 3. The molecule has 3 rings (SSSR count). The van der Waals surface area contributed by atoms with Gasteiger partial charge in [-0.15, -0.1) is 0 Å². The Balaban J connectivity index is 1.93. The normalized spacial score (nSPS) is 11.7. The van der Waals surface area contributed by atoms with Crippen molar-refractivity contribution in [3.63, 3.8) is 0 Å². The lowest BCUT2D eigenvalue weighted by Crippen LogP contribution is -2.23. The number of pyridine rings is 1. The van der Waals surface area contributed by atoms with Gasteiger partial charge < -0.3 is 9.47 Å². The fraction of sp³-hybridized carbons (Fsp3) is 0.150. The first-order valence-corrected chi connectivity index (χ1v) is 8.92. The number of aromatic nitrogens is 3. The van der Waals surface area contributed by atoms with Crippen molar-refractivity contribution < 1.29 is 22.6 Å². The van der Waals surface area contributed by atoms with E-state index < -0.39 is 17.3 Å². The minimum atomic E-state index is -4.54. The van der Waals surface area contributed by atoms with Crippen LogP contribution >= 0.6 is 11.6 Å². The van der Waals surface area contributed by atoms with Crippen LogP contribution in [0.3, 0.4) is 0 Å². The van der Waals surface area contributed by atoms with Gasteiger partial charge >= 0.3 is 6.18 Å². The molecule has 0 bridgehead atoms. The average molecular weight is 438 g/mol. The van der Waals surface area contributed by atoms with Gasteiger partial charge in [-0.25, -0.2) is 4.98 Å². The molecule has 1 aromatic carbocycles. The average Bonchev–Trinajstić information content (AvgIpc) is 2.72. The summed E-state index contributed by atoms with van der Waals surface area (Å²) in [7, 11) is 1.47. The molecule has 0 unspecified atom stereocenters. The number of halogens is 4. The first-order chi connectivity index (χ1) is 14.2. The number of rotatable bonds is 5. The monoisotopic (exact) mass is 437 g/mol. The van der Waals surface area contributed by atoms with E-state index in [-0.39, 0.29) is 16.6 Å². The third-order valence-corrected chi connectivity index (χ3v) is 4.29. The van der Waals surface area contributed by atoms with Crippen LogP contribution in [0.15, 0.2) is 53.6 Å². The zero-order valence-corrected chi connectivity index (χ0v) is 16.5. The first-order valence-electron chi connectivity index (χ1n) is 8.54. The summed E-state index contributed by atoms with van der Waals surface area (Å²) < 4.78 is 49.8.